The first-order valence-electron chi connectivity index (χ1n) is 4.96. The van der Waals surface area contributed by atoms with Gasteiger partial charge in [0.1, 0.15) is 6.04 Å². The van der Waals surface area contributed by atoms with Crippen LogP contribution in [0.15, 0.2) is 5.11 Å². The van der Waals surface area contributed by atoms with E-state index in [1.54, 1.807) is 6.92 Å². The molecule has 1 rings (SSSR count). The van der Waals surface area contributed by atoms with Gasteiger partial charge in [0.15, 0.2) is 0 Å². The van der Waals surface area contributed by atoms with E-state index in [4.69, 9.17) is 5.53 Å². The quantitative estimate of drug-likeness (QED) is 0.187. The topological polar surface area (TPSA) is 104 Å². The molecule has 88 valence electrons. The van der Waals surface area contributed by atoms with Crippen LogP contribution >= 0.6 is 0 Å². The molecule has 7 heteroatoms. The van der Waals surface area contributed by atoms with Crippen LogP contribution in [0.4, 0.5) is 0 Å². The average Bonchev–Trinajstić information content (AvgIpc) is 2.30. The third-order valence-corrected chi connectivity index (χ3v) is 2.89. The van der Waals surface area contributed by atoms with Gasteiger partial charge in [-0.25, -0.2) is 4.79 Å². The lowest BCUT2D eigenvalue weighted by molar-refractivity contribution is -0.163. The summed E-state index contributed by atoms with van der Waals surface area (Å²) in [4.78, 5) is 25.4. The first-order valence-corrected chi connectivity index (χ1v) is 4.96. The number of esters is 1. The Morgan fingerprint density at radius 1 is 1.75 bits per heavy atom. The van der Waals surface area contributed by atoms with Crippen LogP contribution in [-0.4, -0.2) is 31.6 Å². The Hall–Kier alpha value is -1.75. The Bertz CT molecular complexity index is 351. The molecule has 1 aliphatic rings. The molecule has 0 bridgehead atoms. The van der Waals surface area contributed by atoms with Crippen molar-refractivity contribution in [2.75, 3.05) is 13.7 Å². The van der Waals surface area contributed by atoms with Crippen LogP contribution in [0.2, 0.25) is 0 Å². The number of carbonyl (C=O) groups excluding carboxylic acids is 2. The van der Waals surface area contributed by atoms with Crippen LogP contribution in [0.25, 0.3) is 10.4 Å². The molecule has 1 fully saturated rings. The third kappa shape index (κ3) is 2.09. The van der Waals surface area contributed by atoms with E-state index in [0.29, 0.717) is 19.4 Å². The second-order valence-corrected chi connectivity index (χ2v) is 3.91. The van der Waals surface area contributed by atoms with Crippen molar-refractivity contribution in [3.8, 4) is 0 Å². The number of azide groups is 1. The normalized spacial score (nSPS) is 27.4. The highest BCUT2D eigenvalue weighted by atomic mass is 16.5. The first kappa shape index (κ1) is 12.3. The van der Waals surface area contributed by atoms with Gasteiger partial charge in [-0.3, -0.25) is 4.79 Å². The maximum absolute atomic E-state index is 11.4. The van der Waals surface area contributed by atoms with Crippen molar-refractivity contribution < 1.29 is 14.3 Å². The highest BCUT2D eigenvalue weighted by Crippen LogP contribution is 2.36. The molecule has 0 aromatic heterocycles. The maximum atomic E-state index is 11.4. The van der Waals surface area contributed by atoms with Gasteiger partial charge in [-0.2, -0.15) is 0 Å². The molecule has 1 aliphatic heterocycles. The van der Waals surface area contributed by atoms with Gasteiger partial charge >= 0.3 is 5.97 Å². The van der Waals surface area contributed by atoms with Gasteiger partial charge in [-0.15, -0.1) is 0 Å². The van der Waals surface area contributed by atoms with E-state index in [2.05, 4.69) is 20.1 Å². The van der Waals surface area contributed by atoms with Crippen LogP contribution in [0, 0.1) is 5.41 Å². The zero-order chi connectivity index (χ0) is 12.2. The molecule has 2 atom stereocenters. The summed E-state index contributed by atoms with van der Waals surface area (Å²) < 4.78 is 4.59. The Kier molecular flexibility index (Phi) is 3.73. The molecular formula is C9H14N4O3. The van der Waals surface area contributed by atoms with Gasteiger partial charge in [-0.1, -0.05) is 5.11 Å². The van der Waals surface area contributed by atoms with Crippen LogP contribution < -0.4 is 5.32 Å². The fourth-order valence-corrected chi connectivity index (χ4v) is 1.77. The number of β-lactam (4-membered cyclic amide) rings is 1. The lowest BCUT2D eigenvalue weighted by atomic mass is 9.71. The van der Waals surface area contributed by atoms with Gasteiger partial charge in [0, 0.05) is 11.5 Å². The minimum absolute atomic E-state index is 0.163. The van der Waals surface area contributed by atoms with E-state index in [1.165, 1.54) is 7.11 Å². The van der Waals surface area contributed by atoms with Gasteiger partial charge < -0.3 is 10.1 Å². The highest BCUT2D eigenvalue weighted by Gasteiger charge is 2.54. The van der Waals surface area contributed by atoms with Crippen molar-refractivity contribution in [2.24, 2.45) is 10.5 Å². The fraction of sp³-hybridized carbons (Fsp3) is 0.778. The minimum atomic E-state index is -0.738. The summed E-state index contributed by atoms with van der Waals surface area (Å²) in [5.41, 5.74) is 7.36. The first-order chi connectivity index (χ1) is 7.56. The molecular weight excluding hydrogens is 212 g/mol. The second-order valence-electron chi connectivity index (χ2n) is 3.91. The zero-order valence-corrected chi connectivity index (χ0v) is 9.27. The highest BCUT2D eigenvalue weighted by molar-refractivity contribution is 6.00. The van der Waals surface area contributed by atoms with E-state index < -0.39 is 17.4 Å². The van der Waals surface area contributed by atoms with E-state index in [9.17, 15) is 9.59 Å². The molecule has 1 saturated heterocycles. The number of nitrogens with zero attached hydrogens (tertiary/aromatic N) is 3. The number of amides is 1. The lowest BCUT2D eigenvalue weighted by Crippen LogP contribution is -2.69. The molecule has 16 heavy (non-hydrogen) atoms. The predicted molar refractivity (Wildman–Crippen MR) is 55.3 cm³/mol. The number of nitrogens with one attached hydrogen (secondary N) is 1. The van der Waals surface area contributed by atoms with Crippen LogP contribution in [0.5, 0.6) is 0 Å². The van der Waals surface area contributed by atoms with Gasteiger partial charge in [0.25, 0.3) is 0 Å². The minimum Gasteiger partial charge on any atom is -0.467 e. The van der Waals surface area contributed by atoms with Crippen LogP contribution in [-0.2, 0) is 14.3 Å². The third-order valence-electron chi connectivity index (χ3n) is 2.89. The molecule has 0 saturated carbocycles. The van der Waals surface area contributed by atoms with Crippen molar-refractivity contribution in [1.82, 2.24) is 5.32 Å². The number of methoxy groups -OCH3 is 1. The molecule has 7 nitrogen and oxygen atoms in total. The van der Waals surface area contributed by atoms with Crippen LogP contribution in [0.3, 0.4) is 0 Å². The summed E-state index contributed by atoms with van der Waals surface area (Å²) in [7, 11) is 1.28. The van der Waals surface area contributed by atoms with E-state index in [1.807, 2.05) is 0 Å². The number of rotatable bonds is 5. The average molecular weight is 226 g/mol. The van der Waals surface area contributed by atoms with E-state index >= 15 is 0 Å². The van der Waals surface area contributed by atoms with Crippen molar-refractivity contribution in [2.45, 2.75) is 25.8 Å². The smallest absolute Gasteiger partial charge is 0.329 e. The Morgan fingerprint density at radius 3 is 2.94 bits per heavy atom. The molecule has 2 unspecified atom stereocenters. The summed E-state index contributed by atoms with van der Waals surface area (Å²) in [5, 5.41) is 5.89. The Labute approximate surface area is 92.8 Å². The molecule has 0 aromatic carbocycles. The van der Waals surface area contributed by atoms with Crippen molar-refractivity contribution >= 4 is 11.9 Å². The molecule has 0 radical (unpaired) electrons. The van der Waals surface area contributed by atoms with Gasteiger partial charge in [-0.05, 0) is 25.3 Å². The van der Waals surface area contributed by atoms with Gasteiger partial charge in [0.2, 0.25) is 5.91 Å². The summed E-state index contributed by atoms with van der Waals surface area (Å²) in [6.07, 6.45) is 1.07. The van der Waals surface area contributed by atoms with Crippen molar-refractivity contribution in [3.05, 3.63) is 10.4 Å². The number of carbonyl (C=O) groups is 2. The molecule has 0 aromatic rings. The Morgan fingerprint density at radius 2 is 2.44 bits per heavy atom. The molecule has 0 spiro atoms. The monoisotopic (exact) mass is 226 g/mol. The largest absolute Gasteiger partial charge is 0.467 e. The molecule has 1 N–H and O–H groups in total. The van der Waals surface area contributed by atoms with Crippen LogP contribution in [0.1, 0.15) is 19.8 Å². The van der Waals surface area contributed by atoms with Crippen molar-refractivity contribution in [1.29, 1.82) is 0 Å². The van der Waals surface area contributed by atoms with Gasteiger partial charge in [0.05, 0.1) is 12.5 Å². The standard InChI is InChI=1S/C9H14N4O3/c1-9(4-3-5-11-13-10)6(7(14)16-2)12-8(9)15/h6H,3-5H2,1-2H3,(H,12,15). The number of hydrogen-bond donors (Lipinski definition) is 1. The number of hydrogen-bond acceptors (Lipinski definition) is 4. The SMILES string of the molecule is COC(=O)C1NC(=O)C1(C)CCCN=[N+]=[N-]. The maximum Gasteiger partial charge on any atom is 0.329 e. The summed E-state index contributed by atoms with van der Waals surface area (Å²) >= 11 is 0. The molecule has 0 aliphatic carbocycles. The molecule has 1 heterocycles. The van der Waals surface area contributed by atoms with E-state index in [-0.39, 0.29) is 5.91 Å². The summed E-state index contributed by atoms with van der Waals surface area (Å²) in [5.74, 6) is -0.602. The summed E-state index contributed by atoms with van der Waals surface area (Å²) in [6, 6.07) is -0.587. The lowest BCUT2D eigenvalue weighted by Gasteiger charge is -2.44. The van der Waals surface area contributed by atoms with E-state index in [0.717, 1.165) is 0 Å². The predicted octanol–water partition coefficient (Wildman–Crippen LogP) is 0.755. The fourth-order valence-electron chi connectivity index (χ4n) is 1.77. The molecule has 1 amide bonds. The Balaban J connectivity index is 2.55. The number of ether oxygens (including phenoxy) is 1. The summed E-state index contributed by atoms with van der Waals surface area (Å²) in [6.45, 7) is 2.04. The zero-order valence-electron chi connectivity index (χ0n) is 9.27. The second kappa shape index (κ2) is 4.85. The van der Waals surface area contributed by atoms with Crippen molar-refractivity contribution in [3.63, 3.8) is 0 Å².